The van der Waals surface area contributed by atoms with Crippen LogP contribution in [0, 0.1) is 22.7 Å². The highest BCUT2D eigenvalue weighted by Crippen LogP contribution is 2.44. The summed E-state index contributed by atoms with van der Waals surface area (Å²) in [5.41, 5.74) is 3.69. The van der Waals surface area contributed by atoms with Gasteiger partial charge in [-0.25, -0.2) is 0 Å². The van der Waals surface area contributed by atoms with Crippen LogP contribution < -0.4 is 16.0 Å². The molecule has 3 N–H and O–H groups in total. The molecular formula is C39H40N4O3S2. The molecule has 0 bridgehead atoms. The zero-order valence-corrected chi connectivity index (χ0v) is 29.3. The summed E-state index contributed by atoms with van der Waals surface area (Å²) in [6.45, 7) is 8.74. The molecule has 4 aromatic rings. The number of rotatable bonds is 10. The van der Waals surface area contributed by atoms with Gasteiger partial charge >= 0.3 is 0 Å². The number of amides is 3. The van der Waals surface area contributed by atoms with Gasteiger partial charge in [-0.1, -0.05) is 82.3 Å². The lowest BCUT2D eigenvalue weighted by Crippen LogP contribution is -2.30. The van der Waals surface area contributed by atoms with Crippen LogP contribution in [0.4, 0.5) is 10.7 Å². The maximum atomic E-state index is 13.5. The highest BCUT2D eigenvalue weighted by molar-refractivity contribution is 8.00. The molecule has 7 nitrogen and oxygen atoms in total. The summed E-state index contributed by atoms with van der Waals surface area (Å²) in [5, 5.41) is 19.0. The third kappa shape index (κ3) is 8.62. The van der Waals surface area contributed by atoms with E-state index in [0.717, 1.165) is 35.3 Å². The van der Waals surface area contributed by atoms with E-state index in [-0.39, 0.29) is 17.0 Å². The topological polar surface area (TPSA) is 111 Å². The average molecular weight is 677 g/mol. The van der Waals surface area contributed by atoms with Crippen molar-refractivity contribution < 1.29 is 14.4 Å². The second kappa shape index (κ2) is 15.5. The fourth-order valence-electron chi connectivity index (χ4n) is 5.71. The predicted octanol–water partition coefficient (Wildman–Crippen LogP) is 8.69. The highest BCUT2D eigenvalue weighted by Gasteiger charge is 2.33. The van der Waals surface area contributed by atoms with Crippen molar-refractivity contribution in [1.82, 2.24) is 5.32 Å². The molecule has 2 atom stereocenters. The van der Waals surface area contributed by atoms with Crippen LogP contribution in [-0.4, -0.2) is 23.0 Å². The maximum Gasteiger partial charge on any atom is 0.272 e. The van der Waals surface area contributed by atoms with Gasteiger partial charge in [-0.15, -0.1) is 23.1 Å². The molecular weight excluding hydrogens is 637 g/mol. The number of hydrogen-bond acceptors (Lipinski definition) is 6. The first-order valence-corrected chi connectivity index (χ1v) is 17.8. The number of nitrogens with zero attached hydrogens (tertiary/aromatic N) is 1. The summed E-state index contributed by atoms with van der Waals surface area (Å²) in [7, 11) is 0. The Labute approximate surface area is 290 Å². The molecule has 246 valence electrons. The molecule has 0 fully saturated rings. The number of thioether (sulfide) groups is 1. The molecule has 0 saturated heterocycles. The monoisotopic (exact) mass is 676 g/mol. The van der Waals surface area contributed by atoms with Crippen LogP contribution in [0.3, 0.4) is 0 Å². The zero-order valence-electron chi connectivity index (χ0n) is 27.6. The van der Waals surface area contributed by atoms with Gasteiger partial charge in [0, 0.05) is 21.0 Å². The fraction of sp³-hybridized carbons (Fsp3) is 0.282. The third-order valence-corrected chi connectivity index (χ3v) is 11.0. The summed E-state index contributed by atoms with van der Waals surface area (Å²) < 4.78 is 0. The third-order valence-electron chi connectivity index (χ3n) is 8.51. The molecule has 0 aliphatic heterocycles. The number of nitriles is 1. The molecule has 9 heteroatoms. The van der Waals surface area contributed by atoms with Gasteiger partial charge in [-0.2, -0.15) is 5.26 Å². The summed E-state index contributed by atoms with van der Waals surface area (Å²) in [4.78, 5) is 42.0. The van der Waals surface area contributed by atoms with E-state index < -0.39 is 17.1 Å². The van der Waals surface area contributed by atoms with E-state index in [2.05, 4.69) is 42.8 Å². The van der Waals surface area contributed by atoms with Gasteiger partial charge < -0.3 is 16.0 Å². The van der Waals surface area contributed by atoms with Gasteiger partial charge in [0.15, 0.2) is 0 Å². The average Bonchev–Trinajstić information content (AvgIpc) is 3.43. The van der Waals surface area contributed by atoms with Crippen LogP contribution in [-0.2, 0) is 22.4 Å². The molecule has 0 radical (unpaired) electrons. The Bertz CT molecular complexity index is 1850. The highest BCUT2D eigenvalue weighted by atomic mass is 32.2. The van der Waals surface area contributed by atoms with Crippen LogP contribution in [0.2, 0.25) is 0 Å². The Balaban J connectivity index is 1.29. The molecule has 5 rings (SSSR count). The van der Waals surface area contributed by atoms with Crippen molar-refractivity contribution in [2.75, 3.05) is 10.6 Å². The fourth-order valence-corrected chi connectivity index (χ4v) is 8.01. The van der Waals surface area contributed by atoms with E-state index in [0.29, 0.717) is 34.2 Å². The molecule has 0 spiro atoms. The quantitative estimate of drug-likeness (QED) is 0.115. The first-order valence-electron chi connectivity index (χ1n) is 16.1. The van der Waals surface area contributed by atoms with E-state index >= 15 is 0 Å². The van der Waals surface area contributed by atoms with Gasteiger partial charge in [-0.3, -0.25) is 14.4 Å². The van der Waals surface area contributed by atoms with Crippen molar-refractivity contribution in [3.05, 3.63) is 118 Å². The number of hydrogen-bond donors (Lipinski definition) is 3. The lowest BCUT2D eigenvalue weighted by atomic mass is 9.72. The van der Waals surface area contributed by atoms with E-state index in [1.807, 2.05) is 61.5 Å². The van der Waals surface area contributed by atoms with Gasteiger partial charge in [0.1, 0.15) is 16.8 Å². The summed E-state index contributed by atoms with van der Waals surface area (Å²) in [5.74, 6) is -0.490. The number of thiophene rings is 1. The molecule has 1 aromatic heterocycles. The number of nitrogens with one attached hydrogen (secondary N) is 3. The molecule has 1 aliphatic carbocycles. The first-order chi connectivity index (χ1) is 23.0. The molecule has 0 saturated carbocycles. The Morgan fingerprint density at radius 2 is 1.71 bits per heavy atom. The van der Waals surface area contributed by atoms with Crippen molar-refractivity contribution in [2.45, 2.75) is 63.5 Å². The van der Waals surface area contributed by atoms with Gasteiger partial charge in [0.05, 0.1) is 10.8 Å². The standard InChI is InChI=1S/C39H40N4O3S2/c1-5-33(37(46)43-38-31(24-40)30-20-19-27(39(2,3)4)22-34(30)48-38)47-29-18-12-17-28(23-29)41-36(45)32(21-25-13-8-6-9-14-25)42-35(44)26-15-10-7-11-16-26/h6-18,21,23,27,33H,5,19-20,22H2,1-4H3,(H,41,45)(H,42,44)(H,43,46)/b32-21-. The normalized spacial score (nSPS) is 15.1. The van der Waals surface area contributed by atoms with Gasteiger partial charge in [0.25, 0.3) is 11.8 Å². The molecule has 3 amide bonds. The largest absolute Gasteiger partial charge is 0.321 e. The lowest BCUT2D eigenvalue weighted by Gasteiger charge is -2.33. The zero-order chi connectivity index (χ0) is 34.3. The minimum Gasteiger partial charge on any atom is -0.321 e. The molecule has 48 heavy (non-hydrogen) atoms. The molecule has 3 aromatic carbocycles. The van der Waals surface area contributed by atoms with Crippen molar-refractivity contribution in [3.8, 4) is 6.07 Å². The summed E-state index contributed by atoms with van der Waals surface area (Å²) >= 11 is 2.94. The van der Waals surface area contributed by atoms with Crippen molar-refractivity contribution in [1.29, 1.82) is 5.26 Å². The van der Waals surface area contributed by atoms with Crippen LogP contribution in [0.15, 0.2) is 95.5 Å². The molecule has 1 aliphatic rings. The van der Waals surface area contributed by atoms with Crippen molar-refractivity contribution in [2.24, 2.45) is 11.3 Å². The van der Waals surface area contributed by atoms with E-state index in [9.17, 15) is 19.6 Å². The number of fused-ring (bicyclic) bond motifs is 1. The Morgan fingerprint density at radius 1 is 1.00 bits per heavy atom. The van der Waals surface area contributed by atoms with Crippen LogP contribution >= 0.6 is 23.1 Å². The minimum atomic E-state index is -0.477. The van der Waals surface area contributed by atoms with Crippen LogP contribution in [0.1, 0.15) is 72.5 Å². The van der Waals surface area contributed by atoms with E-state index in [1.165, 1.54) is 28.0 Å². The van der Waals surface area contributed by atoms with Gasteiger partial charge in [-0.05, 0) is 84.6 Å². The Hall–Kier alpha value is -4.65. The summed E-state index contributed by atoms with van der Waals surface area (Å²) in [6.07, 6.45) is 5.03. The number of carbonyl (C=O) groups excluding carboxylic acids is 3. The number of benzene rings is 3. The van der Waals surface area contributed by atoms with Crippen molar-refractivity contribution in [3.63, 3.8) is 0 Å². The van der Waals surface area contributed by atoms with Crippen LogP contribution in [0.5, 0.6) is 0 Å². The van der Waals surface area contributed by atoms with Crippen LogP contribution in [0.25, 0.3) is 6.08 Å². The predicted molar refractivity (Wildman–Crippen MR) is 196 cm³/mol. The Kier molecular flexibility index (Phi) is 11.2. The molecule has 2 unspecified atom stereocenters. The molecule has 1 heterocycles. The number of anilines is 2. The first kappa shape index (κ1) is 34.7. The van der Waals surface area contributed by atoms with Gasteiger partial charge in [0.2, 0.25) is 5.91 Å². The second-order valence-electron chi connectivity index (χ2n) is 12.9. The van der Waals surface area contributed by atoms with Crippen molar-refractivity contribution >= 4 is 57.6 Å². The van der Waals surface area contributed by atoms with E-state index in [1.54, 1.807) is 36.4 Å². The smallest absolute Gasteiger partial charge is 0.272 e. The summed E-state index contributed by atoms with van der Waals surface area (Å²) in [6, 6.07) is 27.7. The van der Waals surface area contributed by atoms with E-state index in [4.69, 9.17) is 0 Å². The lowest BCUT2D eigenvalue weighted by molar-refractivity contribution is -0.116. The number of carbonyl (C=O) groups is 3. The minimum absolute atomic E-state index is 0.0969. The SMILES string of the molecule is CCC(Sc1cccc(NC(=O)/C(=C/c2ccccc2)NC(=O)c2ccccc2)c1)C(=O)Nc1sc2c(c1C#N)CCC(C(C)(C)C)C2. The maximum absolute atomic E-state index is 13.5. The second-order valence-corrected chi connectivity index (χ2v) is 15.3. The Morgan fingerprint density at radius 3 is 2.38 bits per heavy atom.